The number of hydrogen-bond donors (Lipinski definition) is 7. The molecule has 1 aliphatic heterocycles. The first kappa shape index (κ1) is 25.3. The van der Waals surface area contributed by atoms with Crippen molar-refractivity contribution in [2.75, 3.05) is 12.3 Å². The summed E-state index contributed by atoms with van der Waals surface area (Å²) in [5.41, 5.74) is 3.70. The Morgan fingerprint density at radius 3 is 2.25 bits per heavy atom. The van der Waals surface area contributed by atoms with Gasteiger partial charge in [0.2, 0.25) is 0 Å². The fourth-order valence-electron chi connectivity index (χ4n) is 3.20. The molecule has 1 fully saturated rings. The number of nitrogens with zero attached hydrogens (tertiary/aromatic N) is 4. The molecule has 21 heteroatoms. The first-order chi connectivity index (χ1) is 14.5. The molecule has 180 valence electrons. The van der Waals surface area contributed by atoms with Crippen LogP contribution in [-0.2, 0) is 37.7 Å². The number of aromatic nitrogens is 4. The molecule has 0 aromatic carbocycles. The van der Waals surface area contributed by atoms with Crippen molar-refractivity contribution in [3.63, 3.8) is 0 Å². The molecule has 1 saturated heterocycles. The van der Waals surface area contributed by atoms with Crippen molar-refractivity contribution in [1.29, 1.82) is 0 Å². The molecule has 0 unspecified atom stereocenters. The number of phosphoric acid groups is 3. The SMILES string of the molecule is C[C@@]1(n2cnc3c(N)ncnc32)O[C@H](COP(=O)(O)O)[C@@H](OP(=O)(O)O)[C@H]1OP(=O)(O)O. The highest BCUT2D eigenvalue weighted by Gasteiger charge is 2.59. The summed E-state index contributed by atoms with van der Waals surface area (Å²) in [7, 11) is -15.8. The van der Waals surface area contributed by atoms with Gasteiger partial charge in [0.05, 0.1) is 12.9 Å². The highest BCUT2D eigenvalue weighted by molar-refractivity contribution is 7.46. The lowest BCUT2D eigenvalue weighted by molar-refractivity contribution is -0.129. The quantitative estimate of drug-likeness (QED) is 0.195. The van der Waals surface area contributed by atoms with Crippen molar-refractivity contribution in [1.82, 2.24) is 19.5 Å². The minimum Gasteiger partial charge on any atom is -0.382 e. The van der Waals surface area contributed by atoms with E-state index < -0.39 is 54.1 Å². The normalized spacial score (nSPS) is 27.3. The van der Waals surface area contributed by atoms with E-state index in [1.54, 1.807) is 0 Å². The number of ether oxygens (including phenoxy) is 1. The molecule has 0 radical (unpaired) electrons. The topological polar surface area (TPSA) is 279 Å². The van der Waals surface area contributed by atoms with Gasteiger partial charge in [-0.05, 0) is 6.92 Å². The van der Waals surface area contributed by atoms with Gasteiger partial charge in [-0.1, -0.05) is 0 Å². The molecule has 4 atom stereocenters. The van der Waals surface area contributed by atoms with E-state index in [0.717, 1.165) is 17.2 Å². The maximum absolute atomic E-state index is 11.6. The fraction of sp³-hybridized carbons (Fsp3) is 0.545. The second-order valence-corrected chi connectivity index (χ2v) is 10.2. The largest absolute Gasteiger partial charge is 0.470 e. The van der Waals surface area contributed by atoms with Crippen molar-refractivity contribution >= 4 is 40.4 Å². The van der Waals surface area contributed by atoms with E-state index in [1.165, 1.54) is 6.92 Å². The number of imidazole rings is 1. The maximum atomic E-state index is 11.6. The van der Waals surface area contributed by atoms with Gasteiger partial charge in [0.25, 0.3) is 0 Å². The van der Waals surface area contributed by atoms with E-state index in [-0.39, 0.29) is 17.0 Å². The van der Waals surface area contributed by atoms with Gasteiger partial charge in [0, 0.05) is 0 Å². The molecule has 32 heavy (non-hydrogen) atoms. The van der Waals surface area contributed by atoms with Crippen LogP contribution in [0.15, 0.2) is 12.7 Å². The number of anilines is 1. The molecule has 0 saturated carbocycles. The highest BCUT2D eigenvalue weighted by Crippen LogP contribution is 2.52. The summed E-state index contributed by atoms with van der Waals surface area (Å²) < 4.78 is 54.7. The van der Waals surface area contributed by atoms with Crippen molar-refractivity contribution in [2.24, 2.45) is 0 Å². The Morgan fingerprint density at radius 2 is 1.69 bits per heavy atom. The average Bonchev–Trinajstić information content (AvgIpc) is 3.14. The van der Waals surface area contributed by atoms with Crippen LogP contribution in [0, 0.1) is 0 Å². The van der Waals surface area contributed by atoms with Crippen molar-refractivity contribution in [3.8, 4) is 0 Å². The minimum absolute atomic E-state index is 0.0224. The van der Waals surface area contributed by atoms with Gasteiger partial charge in [-0.3, -0.25) is 18.1 Å². The third-order valence-electron chi connectivity index (χ3n) is 4.34. The summed E-state index contributed by atoms with van der Waals surface area (Å²) in [5, 5.41) is 0. The van der Waals surface area contributed by atoms with Crippen LogP contribution < -0.4 is 5.73 Å². The maximum Gasteiger partial charge on any atom is 0.470 e. The minimum atomic E-state index is -5.35. The molecule has 3 rings (SSSR count). The number of fused-ring (bicyclic) bond motifs is 1. The lowest BCUT2D eigenvalue weighted by Gasteiger charge is -2.32. The average molecular weight is 521 g/mol. The smallest absolute Gasteiger partial charge is 0.382 e. The third kappa shape index (κ3) is 5.58. The number of phosphoric ester groups is 3. The van der Waals surface area contributed by atoms with Crippen LogP contribution in [0.4, 0.5) is 5.82 Å². The Labute approximate surface area is 178 Å². The van der Waals surface area contributed by atoms with E-state index >= 15 is 0 Å². The van der Waals surface area contributed by atoms with Crippen LogP contribution >= 0.6 is 23.5 Å². The molecular formula is C11H18N5O13P3. The van der Waals surface area contributed by atoms with Gasteiger partial charge in [-0.25, -0.2) is 28.6 Å². The zero-order chi connectivity index (χ0) is 24.1. The summed E-state index contributed by atoms with van der Waals surface area (Å²) in [6.07, 6.45) is -3.54. The molecule has 3 heterocycles. The van der Waals surface area contributed by atoms with Crippen LogP contribution in [0.2, 0.25) is 0 Å². The van der Waals surface area contributed by atoms with Crippen molar-refractivity contribution < 1.29 is 61.4 Å². The van der Waals surface area contributed by atoms with E-state index in [0.29, 0.717) is 0 Å². The molecular weight excluding hydrogens is 503 g/mol. The van der Waals surface area contributed by atoms with E-state index in [1.807, 2.05) is 0 Å². The molecule has 0 spiro atoms. The van der Waals surface area contributed by atoms with Gasteiger partial charge >= 0.3 is 23.5 Å². The molecule has 1 aliphatic rings. The lowest BCUT2D eigenvalue weighted by Crippen LogP contribution is -2.45. The number of hydrogen-bond acceptors (Lipinski definition) is 11. The van der Waals surface area contributed by atoms with Gasteiger partial charge in [-0.2, -0.15) is 0 Å². The Balaban J connectivity index is 2.14. The monoisotopic (exact) mass is 521 g/mol. The summed E-state index contributed by atoms with van der Waals surface area (Å²) in [6, 6.07) is 0. The van der Waals surface area contributed by atoms with Gasteiger partial charge in [-0.15, -0.1) is 0 Å². The Hall–Kier alpha value is -1.36. The molecule has 18 nitrogen and oxygen atoms in total. The van der Waals surface area contributed by atoms with Gasteiger partial charge in [0.1, 0.15) is 30.2 Å². The van der Waals surface area contributed by atoms with Gasteiger partial charge < -0.3 is 39.8 Å². The van der Waals surface area contributed by atoms with Crippen LogP contribution in [-0.4, -0.2) is 73.8 Å². The van der Waals surface area contributed by atoms with E-state index in [2.05, 4.69) is 24.0 Å². The van der Waals surface area contributed by atoms with Crippen molar-refractivity contribution in [3.05, 3.63) is 12.7 Å². The predicted molar refractivity (Wildman–Crippen MR) is 100 cm³/mol. The number of nitrogens with two attached hydrogens (primary N) is 1. The first-order valence-electron chi connectivity index (χ1n) is 8.30. The second-order valence-electron chi connectivity index (χ2n) is 6.62. The van der Waals surface area contributed by atoms with Crippen LogP contribution in [0.3, 0.4) is 0 Å². The zero-order valence-electron chi connectivity index (χ0n) is 15.8. The Bertz CT molecular complexity index is 1140. The zero-order valence-corrected chi connectivity index (χ0v) is 18.5. The Kier molecular flexibility index (Phi) is 6.67. The Morgan fingerprint density at radius 1 is 1.06 bits per heavy atom. The first-order valence-corrected chi connectivity index (χ1v) is 12.9. The summed E-state index contributed by atoms with van der Waals surface area (Å²) in [4.78, 5) is 67.0. The fourth-order valence-corrected chi connectivity index (χ4v) is 4.71. The summed E-state index contributed by atoms with van der Waals surface area (Å²) >= 11 is 0. The van der Waals surface area contributed by atoms with E-state index in [4.69, 9.17) is 24.8 Å². The lowest BCUT2D eigenvalue weighted by atomic mass is 10.0. The second kappa shape index (κ2) is 8.45. The number of nitrogen functional groups attached to an aromatic ring is 1. The van der Waals surface area contributed by atoms with Crippen LogP contribution in [0.25, 0.3) is 11.2 Å². The predicted octanol–water partition coefficient (Wildman–Crippen LogP) is -1.45. The number of rotatable bonds is 8. The summed E-state index contributed by atoms with van der Waals surface area (Å²) in [5.74, 6) is -0.0628. The molecule has 2 aromatic heterocycles. The van der Waals surface area contributed by atoms with Crippen molar-refractivity contribution in [2.45, 2.75) is 31.0 Å². The molecule has 0 aliphatic carbocycles. The standard InChI is InChI=1S/C11H18N5O13P3/c1-11(16-4-15-6-9(12)13-3-14-10(6)16)8(29-32(23,24)25)7(28-31(20,21)22)5(27-11)2-26-30(17,18)19/h3-5,7-8H,2H2,1H3,(H2,12,13,14)(H2,17,18,19)(H2,20,21,22)(H2,23,24,25)/t5-,7-,8-,11-/m1/s1. The highest BCUT2D eigenvalue weighted by atomic mass is 31.2. The third-order valence-corrected chi connectivity index (χ3v) is 5.84. The van der Waals surface area contributed by atoms with Gasteiger partial charge in [0.15, 0.2) is 17.2 Å². The molecule has 0 amide bonds. The van der Waals surface area contributed by atoms with Crippen LogP contribution in [0.1, 0.15) is 6.92 Å². The van der Waals surface area contributed by atoms with E-state index in [9.17, 15) is 33.3 Å². The molecule has 0 bridgehead atoms. The molecule has 8 N–H and O–H groups in total. The summed E-state index contributed by atoms with van der Waals surface area (Å²) in [6.45, 7) is 0.176. The molecule has 2 aromatic rings. The van der Waals surface area contributed by atoms with Crippen LogP contribution in [0.5, 0.6) is 0 Å².